The lowest BCUT2D eigenvalue weighted by Gasteiger charge is -2.33. The lowest BCUT2D eigenvalue weighted by atomic mass is 9.89. The van der Waals surface area contributed by atoms with Gasteiger partial charge in [0.15, 0.2) is 0 Å². The standard InChI is InChI=1S/C16H28O4/c1-6-15(2,3)14(17)20-13-10-7-11(9-16(4,5)18)12(8-10)19-13/h10-13,18H,6-9H2,1-5H3. The number of rotatable bonds is 5. The molecule has 0 radical (unpaired) electrons. The van der Waals surface area contributed by atoms with Gasteiger partial charge in [0.1, 0.15) is 0 Å². The van der Waals surface area contributed by atoms with Crippen LogP contribution in [0.1, 0.15) is 60.3 Å². The van der Waals surface area contributed by atoms with Crippen molar-refractivity contribution >= 4 is 5.97 Å². The maximum absolute atomic E-state index is 12.1. The summed E-state index contributed by atoms with van der Waals surface area (Å²) in [5.41, 5.74) is -1.10. The van der Waals surface area contributed by atoms with Crippen LogP contribution in [0.4, 0.5) is 0 Å². The van der Waals surface area contributed by atoms with E-state index in [-0.39, 0.29) is 18.4 Å². The second-order valence-corrected chi connectivity index (χ2v) is 7.69. The molecule has 1 aliphatic heterocycles. The van der Waals surface area contributed by atoms with Crippen molar-refractivity contribution in [3.8, 4) is 0 Å². The van der Waals surface area contributed by atoms with E-state index >= 15 is 0 Å². The van der Waals surface area contributed by atoms with E-state index in [1.165, 1.54) is 0 Å². The summed E-state index contributed by atoms with van der Waals surface area (Å²) in [4.78, 5) is 12.1. The van der Waals surface area contributed by atoms with Crippen LogP contribution in [0.5, 0.6) is 0 Å². The quantitative estimate of drug-likeness (QED) is 0.789. The van der Waals surface area contributed by atoms with E-state index in [0.717, 1.165) is 25.7 Å². The van der Waals surface area contributed by atoms with Crippen molar-refractivity contribution < 1.29 is 19.4 Å². The van der Waals surface area contributed by atoms with Crippen LogP contribution < -0.4 is 0 Å². The average molecular weight is 284 g/mol. The molecule has 4 atom stereocenters. The zero-order chi connectivity index (χ0) is 15.1. The normalized spacial score (nSPS) is 33.5. The molecule has 1 aliphatic carbocycles. The number of aliphatic hydroxyl groups is 1. The molecular weight excluding hydrogens is 256 g/mol. The third kappa shape index (κ3) is 3.34. The zero-order valence-corrected chi connectivity index (χ0v) is 13.3. The second-order valence-electron chi connectivity index (χ2n) is 7.69. The van der Waals surface area contributed by atoms with Crippen molar-refractivity contribution in [1.82, 2.24) is 0 Å². The van der Waals surface area contributed by atoms with Gasteiger partial charge in [-0.15, -0.1) is 0 Å². The fourth-order valence-corrected chi connectivity index (χ4v) is 3.19. The summed E-state index contributed by atoms with van der Waals surface area (Å²) in [5, 5.41) is 9.92. The van der Waals surface area contributed by atoms with Crippen molar-refractivity contribution in [1.29, 1.82) is 0 Å². The highest BCUT2D eigenvalue weighted by molar-refractivity contribution is 5.75. The van der Waals surface area contributed by atoms with Gasteiger partial charge in [-0.25, -0.2) is 0 Å². The molecule has 2 rings (SSSR count). The predicted octanol–water partition coefficient (Wildman–Crippen LogP) is 2.88. The molecule has 2 aliphatic rings. The molecule has 0 aromatic rings. The van der Waals surface area contributed by atoms with E-state index in [2.05, 4.69) is 0 Å². The van der Waals surface area contributed by atoms with Gasteiger partial charge in [0.25, 0.3) is 0 Å². The van der Waals surface area contributed by atoms with Crippen molar-refractivity contribution in [2.24, 2.45) is 17.3 Å². The van der Waals surface area contributed by atoms with E-state index < -0.39 is 11.0 Å². The molecule has 4 nitrogen and oxygen atoms in total. The van der Waals surface area contributed by atoms with Gasteiger partial charge in [-0.1, -0.05) is 6.92 Å². The van der Waals surface area contributed by atoms with E-state index in [0.29, 0.717) is 11.8 Å². The first kappa shape index (κ1) is 15.8. The molecule has 2 fully saturated rings. The first-order valence-electron chi connectivity index (χ1n) is 7.71. The molecule has 0 spiro atoms. The van der Waals surface area contributed by atoms with Crippen LogP contribution in [0.2, 0.25) is 0 Å². The summed E-state index contributed by atoms with van der Waals surface area (Å²) in [7, 11) is 0. The number of fused-ring (bicyclic) bond motifs is 2. The van der Waals surface area contributed by atoms with Crippen LogP contribution >= 0.6 is 0 Å². The second kappa shape index (κ2) is 5.30. The summed E-state index contributed by atoms with van der Waals surface area (Å²) in [6, 6.07) is 0. The molecule has 4 unspecified atom stereocenters. The van der Waals surface area contributed by atoms with Crippen molar-refractivity contribution in [3.05, 3.63) is 0 Å². The Balaban J connectivity index is 1.88. The van der Waals surface area contributed by atoms with Gasteiger partial charge in [0.05, 0.1) is 17.1 Å². The van der Waals surface area contributed by atoms with Gasteiger partial charge >= 0.3 is 5.97 Å². The molecule has 1 N–H and O–H groups in total. The molecule has 1 saturated heterocycles. The minimum Gasteiger partial charge on any atom is -0.435 e. The molecule has 0 aromatic carbocycles. The molecule has 1 saturated carbocycles. The minimum absolute atomic E-state index is 0.133. The molecule has 20 heavy (non-hydrogen) atoms. The highest BCUT2D eigenvalue weighted by atomic mass is 16.7. The lowest BCUT2D eigenvalue weighted by Crippen LogP contribution is -2.37. The van der Waals surface area contributed by atoms with E-state index in [1.54, 1.807) is 0 Å². The van der Waals surface area contributed by atoms with E-state index in [9.17, 15) is 9.90 Å². The van der Waals surface area contributed by atoms with Crippen LogP contribution in [-0.2, 0) is 14.3 Å². The highest BCUT2D eigenvalue weighted by Crippen LogP contribution is 2.47. The van der Waals surface area contributed by atoms with Crippen LogP contribution in [-0.4, -0.2) is 29.1 Å². The Kier molecular flexibility index (Phi) is 4.18. The third-order valence-corrected chi connectivity index (χ3v) is 4.78. The van der Waals surface area contributed by atoms with Crippen LogP contribution in [0.15, 0.2) is 0 Å². The van der Waals surface area contributed by atoms with Gasteiger partial charge in [-0.2, -0.15) is 0 Å². The topological polar surface area (TPSA) is 55.8 Å². The van der Waals surface area contributed by atoms with Gasteiger partial charge in [-0.05, 0) is 59.3 Å². The Labute approximate surface area is 121 Å². The zero-order valence-electron chi connectivity index (χ0n) is 13.3. The van der Waals surface area contributed by atoms with Gasteiger partial charge < -0.3 is 14.6 Å². The molecule has 1 heterocycles. The number of carbonyl (C=O) groups is 1. The fourth-order valence-electron chi connectivity index (χ4n) is 3.19. The van der Waals surface area contributed by atoms with Crippen molar-refractivity contribution in [3.63, 3.8) is 0 Å². The highest BCUT2D eigenvalue weighted by Gasteiger charge is 2.50. The summed E-state index contributed by atoms with van der Waals surface area (Å²) >= 11 is 0. The van der Waals surface area contributed by atoms with Crippen molar-refractivity contribution in [2.45, 2.75) is 78.3 Å². The molecule has 116 valence electrons. The molecule has 2 bridgehead atoms. The summed E-state index contributed by atoms with van der Waals surface area (Å²) < 4.78 is 11.4. The van der Waals surface area contributed by atoms with E-state index in [1.807, 2.05) is 34.6 Å². The summed E-state index contributed by atoms with van der Waals surface area (Å²) in [6.45, 7) is 9.46. The largest absolute Gasteiger partial charge is 0.435 e. The molecular formula is C16H28O4. The fraction of sp³-hybridized carbons (Fsp3) is 0.938. The molecule has 4 heteroatoms. The number of hydrogen-bond acceptors (Lipinski definition) is 4. The van der Waals surface area contributed by atoms with Crippen LogP contribution in [0.3, 0.4) is 0 Å². The first-order valence-corrected chi connectivity index (χ1v) is 7.71. The minimum atomic E-state index is -0.658. The van der Waals surface area contributed by atoms with Crippen LogP contribution in [0, 0.1) is 17.3 Å². The lowest BCUT2D eigenvalue weighted by molar-refractivity contribution is -0.205. The number of hydrogen-bond donors (Lipinski definition) is 1. The predicted molar refractivity (Wildman–Crippen MR) is 76.0 cm³/mol. The Bertz CT molecular complexity index is 369. The summed E-state index contributed by atoms with van der Waals surface area (Å²) in [6.07, 6.45) is 3.19. The number of carbonyl (C=O) groups excluding carboxylic acids is 1. The Hall–Kier alpha value is -0.610. The maximum atomic E-state index is 12.1. The van der Waals surface area contributed by atoms with Gasteiger partial charge in [-0.3, -0.25) is 4.79 Å². The maximum Gasteiger partial charge on any atom is 0.313 e. The first-order chi connectivity index (χ1) is 9.12. The smallest absolute Gasteiger partial charge is 0.313 e. The third-order valence-electron chi connectivity index (χ3n) is 4.78. The number of esters is 1. The summed E-state index contributed by atoms with van der Waals surface area (Å²) in [5.74, 6) is 0.509. The van der Waals surface area contributed by atoms with Gasteiger partial charge in [0.2, 0.25) is 6.29 Å². The van der Waals surface area contributed by atoms with E-state index in [4.69, 9.17) is 9.47 Å². The monoisotopic (exact) mass is 284 g/mol. The molecule has 0 amide bonds. The Morgan fingerprint density at radius 1 is 1.30 bits per heavy atom. The SMILES string of the molecule is CCC(C)(C)C(=O)OC1OC2CC1CC2CC(C)(C)O. The Morgan fingerprint density at radius 2 is 1.95 bits per heavy atom. The van der Waals surface area contributed by atoms with Crippen molar-refractivity contribution in [2.75, 3.05) is 0 Å². The number of ether oxygens (including phenoxy) is 2. The van der Waals surface area contributed by atoms with Crippen LogP contribution in [0.25, 0.3) is 0 Å². The van der Waals surface area contributed by atoms with Gasteiger partial charge in [0, 0.05) is 5.92 Å². The molecule has 0 aromatic heterocycles. The Morgan fingerprint density at radius 3 is 2.40 bits per heavy atom. The average Bonchev–Trinajstić information content (AvgIpc) is 2.86.